The number of rotatable bonds is 12. The van der Waals surface area contributed by atoms with Gasteiger partial charge in [0, 0.05) is 51.3 Å². The van der Waals surface area contributed by atoms with Crippen molar-refractivity contribution in [3.63, 3.8) is 0 Å². The molecule has 2 aromatic carbocycles. The number of nitrogens with zero attached hydrogens (tertiary/aromatic N) is 5. The summed E-state index contributed by atoms with van der Waals surface area (Å²) in [6.07, 6.45) is 5.32. The number of unbranched alkanes of at least 4 members (excludes halogenated alkanes) is 1. The van der Waals surface area contributed by atoms with Crippen molar-refractivity contribution in [2.45, 2.75) is 38.6 Å². The number of carbonyl (C=O) groups is 2. The molecule has 0 unspecified atom stereocenters. The van der Waals surface area contributed by atoms with Crippen LogP contribution in [0.25, 0.3) is 22.6 Å². The number of amides is 2. The molecule has 0 atom stereocenters. The molecule has 2 amide bonds. The molecule has 1 fully saturated rings. The Morgan fingerprint density at radius 2 is 1.80 bits per heavy atom. The maximum absolute atomic E-state index is 15.3. The average Bonchev–Trinajstić information content (AvgIpc) is 3.44. The second-order valence-electron chi connectivity index (χ2n) is 12.0. The van der Waals surface area contributed by atoms with Crippen molar-refractivity contribution < 1.29 is 19.2 Å². The van der Waals surface area contributed by atoms with Crippen LogP contribution in [0.5, 0.6) is 0 Å². The van der Waals surface area contributed by atoms with Crippen LogP contribution in [0, 0.1) is 5.82 Å². The summed E-state index contributed by atoms with van der Waals surface area (Å²) in [5, 5.41) is 11.8. The minimum absolute atomic E-state index is 0.104. The number of halogens is 1. The zero-order chi connectivity index (χ0) is 31.9. The molecule has 1 saturated heterocycles. The van der Waals surface area contributed by atoms with Gasteiger partial charge in [0.15, 0.2) is 0 Å². The molecule has 2 aliphatic rings. The van der Waals surface area contributed by atoms with Crippen LogP contribution < -0.4 is 21.3 Å². The highest BCUT2D eigenvalue weighted by Gasteiger charge is 2.24. The van der Waals surface area contributed by atoms with Crippen LogP contribution in [-0.4, -0.2) is 96.3 Å². The van der Waals surface area contributed by atoms with Gasteiger partial charge in [0.2, 0.25) is 5.91 Å². The lowest BCUT2D eigenvalue weighted by atomic mass is 10.1. The normalized spacial score (nSPS) is 16.0. The van der Waals surface area contributed by atoms with Crippen LogP contribution >= 0.6 is 0 Å². The number of hydroxylamine groups is 1. The minimum atomic E-state index is -0.430. The number of aromatic nitrogens is 2. The fraction of sp³-hybridized carbons (Fsp3) is 0.455. The van der Waals surface area contributed by atoms with Crippen molar-refractivity contribution in [2.75, 3.05) is 64.8 Å². The topological polar surface area (TPSA) is 123 Å². The molecule has 12 heteroatoms. The molecule has 0 saturated carbocycles. The summed E-state index contributed by atoms with van der Waals surface area (Å²) >= 11 is 0. The maximum atomic E-state index is 15.3. The van der Waals surface area contributed by atoms with Gasteiger partial charge in [0.25, 0.3) is 11.5 Å². The van der Waals surface area contributed by atoms with Crippen LogP contribution in [0.2, 0.25) is 0 Å². The third-order valence-corrected chi connectivity index (χ3v) is 8.46. The van der Waals surface area contributed by atoms with Crippen LogP contribution in [-0.2, 0) is 11.3 Å². The van der Waals surface area contributed by atoms with Gasteiger partial charge < -0.3 is 15.1 Å². The van der Waals surface area contributed by atoms with E-state index < -0.39 is 5.82 Å². The van der Waals surface area contributed by atoms with E-state index in [0.717, 1.165) is 50.2 Å². The summed E-state index contributed by atoms with van der Waals surface area (Å²) in [4.78, 5) is 48.3. The smallest absolute Gasteiger partial charge is 0.261 e. The average molecular weight is 620 g/mol. The van der Waals surface area contributed by atoms with E-state index in [2.05, 4.69) is 15.1 Å². The van der Waals surface area contributed by atoms with Crippen molar-refractivity contribution in [3.8, 4) is 0 Å². The zero-order valence-corrected chi connectivity index (χ0v) is 26.0. The summed E-state index contributed by atoms with van der Waals surface area (Å²) in [6.45, 7) is 5.63. The van der Waals surface area contributed by atoms with Gasteiger partial charge >= 0.3 is 0 Å². The van der Waals surface area contributed by atoms with Gasteiger partial charge in [-0.05, 0) is 94.3 Å². The van der Waals surface area contributed by atoms with Gasteiger partial charge in [-0.2, -0.15) is 0 Å². The first-order valence-corrected chi connectivity index (χ1v) is 15.6. The second-order valence-corrected chi connectivity index (χ2v) is 12.0. The molecule has 3 heterocycles. The summed E-state index contributed by atoms with van der Waals surface area (Å²) in [7, 11) is 4.01. The first-order chi connectivity index (χ1) is 21.7. The molecule has 0 radical (unpaired) electrons. The Morgan fingerprint density at radius 3 is 2.51 bits per heavy atom. The molecule has 240 valence electrons. The molecule has 2 aliphatic heterocycles. The standard InChI is InChI=1S/C33H42FN7O4/c1-38(2)13-5-12-35-32(43)24-9-7-23(8-10-24)20-25-11-15-41-31(25)36-28-22-29(27(34)21-26(28)33(41)44)40-18-16-39(17-19-40)14-4-3-6-30(42)37-45/h7-10,20-22,45H,3-6,11-19H2,1-2H3,(H,35,43)(H,37,42)/b25-20+. The van der Waals surface area contributed by atoms with E-state index >= 15 is 4.39 Å². The first-order valence-electron chi connectivity index (χ1n) is 15.6. The van der Waals surface area contributed by atoms with Gasteiger partial charge in [-0.3, -0.25) is 29.1 Å². The van der Waals surface area contributed by atoms with E-state index in [1.54, 1.807) is 28.2 Å². The van der Waals surface area contributed by atoms with Crippen molar-refractivity contribution in [1.82, 2.24) is 30.1 Å². The van der Waals surface area contributed by atoms with E-state index in [1.165, 1.54) is 6.07 Å². The van der Waals surface area contributed by atoms with E-state index in [0.29, 0.717) is 61.6 Å². The maximum Gasteiger partial charge on any atom is 0.261 e. The lowest BCUT2D eigenvalue weighted by molar-refractivity contribution is -0.129. The highest BCUT2D eigenvalue weighted by atomic mass is 19.1. The number of allylic oxidation sites excluding steroid dienone is 1. The molecule has 0 spiro atoms. The molecule has 0 aliphatic carbocycles. The van der Waals surface area contributed by atoms with Gasteiger partial charge in [-0.15, -0.1) is 0 Å². The van der Waals surface area contributed by atoms with Crippen molar-refractivity contribution in [1.29, 1.82) is 0 Å². The van der Waals surface area contributed by atoms with Gasteiger partial charge in [0.1, 0.15) is 11.6 Å². The van der Waals surface area contributed by atoms with Crippen LogP contribution in [0.15, 0.2) is 41.2 Å². The number of hydrogen-bond acceptors (Lipinski definition) is 8. The third kappa shape index (κ3) is 7.94. The first kappa shape index (κ1) is 32.3. The molecular weight excluding hydrogens is 577 g/mol. The lowest BCUT2D eigenvalue weighted by Crippen LogP contribution is -2.47. The molecule has 11 nitrogen and oxygen atoms in total. The van der Waals surface area contributed by atoms with E-state index in [1.807, 2.05) is 37.2 Å². The number of benzene rings is 2. The summed E-state index contributed by atoms with van der Waals surface area (Å²) in [6, 6.07) is 10.4. The largest absolute Gasteiger partial charge is 0.367 e. The predicted octanol–water partition coefficient (Wildman–Crippen LogP) is 2.96. The number of fused-ring (bicyclic) bond motifs is 2. The Bertz CT molecular complexity index is 1610. The fourth-order valence-corrected chi connectivity index (χ4v) is 5.93. The molecule has 45 heavy (non-hydrogen) atoms. The monoisotopic (exact) mass is 619 g/mol. The van der Waals surface area contributed by atoms with E-state index in [9.17, 15) is 14.4 Å². The molecule has 5 rings (SSSR count). The third-order valence-electron chi connectivity index (χ3n) is 8.46. The Balaban J connectivity index is 1.26. The number of anilines is 1. The predicted molar refractivity (Wildman–Crippen MR) is 173 cm³/mol. The number of nitrogens with one attached hydrogen (secondary N) is 2. The fourth-order valence-electron chi connectivity index (χ4n) is 5.93. The van der Waals surface area contributed by atoms with Crippen molar-refractivity contribution >= 4 is 40.1 Å². The molecule has 3 aromatic rings. The molecule has 1 aromatic heterocycles. The van der Waals surface area contributed by atoms with Crippen LogP contribution in [0.1, 0.15) is 53.8 Å². The quantitative estimate of drug-likeness (QED) is 0.161. The van der Waals surface area contributed by atoms with E-state index in [4.69, 9.17) is 10.2 Å². The molecule has 0 bridgehead atoms. The van der Waals surface area contributed by atoms with Gasteiger partial charge in [-0.1, -0.05) is 12.1 Å². The highest BCUT2D eigenvalue weighted by Crippen LogP contribution is 2.30. The number of piperazine rings is 1. The minimum Gasteiger partial charge on any atom is -0.367 e. The van der Waals surface area contributed by atoms with Crippen LogP contribution in [0.3, 0.4) is 0 Å². The number of hydrogen-bond donors (Lipinski definition) is 3. The Labute approximate surface area is 262 Å². The lowest BCUT2D eigenvalue weighted by Gasteiger charge is -2.36. The second kappa shape index (κ2) is 14.8. The Kier molecular flexibility index (Phi) is 10.6. The summed E-state index contributed by atoms with van der Waals surface area (Å²) in [5.41, 5.74) is 4.75. The van der Waals surface area contributed by atoms with E-state index in [-0.39, 0.29) is 29.2 Å². The van der Waals surface area contributed by atoms with Gasteiger partial charge in [0.05, 0.1) is 16.6 Å². The van der Waals surface area contributed by atoms with Crippen molar-refractivity contribution in [2.24, 2.45) is 0 Å². The van der Waals surface area contributed by atoms with Crippen molar-refractivity contribution in [3.05, 3.63) is 69.5 Å². The Hall–Kier alpha value is -4.13. The van der Waals surface area contributed by atoms with Crippen LogP contribution in [0.4, 0.5) is 10.1 Å². The SMILES string of the molecule is CN(C)CCCNC(=O)c1ccc(/C=C2\CCn3c2nc2cc(N4CCN(CCCCC(=O)NO)CC4)c(F)cc2c3=O)cc1. The Morgan fingerprint density at radius 1 is 1.04 bits per heavy atom. The molecule has 3 N–H and O–H groups in total. The summed E-state index contributed by atoms with van der Waals surface area (Å²) in [5.74, 6) is -0.323. The number of carbonyl (C=O) groups excluding carboxylic acids is 2. The zero-order valence-electron chi connectivity index (χ0n) is 26.0. The summed E-state index contributed by atoms with van der Waals surface area (Å²) < 4.78 is 16.9. The van der Waals surface area contributed by atoms with Gasteiger partial charge in [-0.25, -0.2) is 14.9 Å². The highest BCUT2D eigenvalue weighted by molar-refractivity contribution is 5.94. The molecular formula is C33H42FN7O4.